The predicted octanol–water partition coefficient (Wildman–Crippen LogP) is 2.46. The standard InChI is InChI=1S/C19H21NO6S/c1-13-5-9-16(10-6-13)27(23,24)20(12-18(21)25-3)17-11-15(19(22)26-4)8-7-14(17)2/h5-11H,12H2,1-4H3. The zero-order valence-electron chi connectivity index (χ0n) is 15.6. The van der Waals surface area contributed by atoms with E-state index in [2.05, 4.69) is 4.74 Å². The number of benzene rings is 2. The second-order valence-corrected chi connectivity index (χ2v) is 7.76. The molecule has 2 rings (SSSR count). The van der Waals surface area contributed by atoms with Crippen molar-refractivity contribution < 1.29 is 27.5 Å². The summed E-state index contributed by atoms with van der Waals surface area (Å²) >= 11 is 0. The van der Waals surface area contributed by atoms with Crippen LogP contribution in [0.5, 0.6) is 0 Å². The number of esters is 2. The Morgan fingerprint density at radius 1 is 0.963 bits per heavy atom. The van der Waals surface area contributed by atoms with Gasteiger partial charge in [-0.05, 0) is 43.7 Å². The lowest BCUT2D eigenvalue weighted by Gasteiger charge is -2.25. The second kappa shape index (κ2) is 8.22. The molecule has 144 valence electrons. The number of hydrogen-bond donors (Lipinski definition) is 0. The summed E-state index contributed by atoms with van der Waals surface area (Å²) in [7, 11) is -1.66. The van der Waals surface area contributed by atoms with Crippen LogP contribution >= 0.6 is 0 Å². The molecule has 2 aromatic carbocycles. The Bertz CT molecular complexity index is 951. The normalized spacial score (nSPS) is 11.0. The first kappa shape index (κ1) is 20.4. The van der Waals surface area contributed by atoms with Crippen molar-refractivity contribution in [1.82, 2.24) is 0 Å². The highest BCUT2D eigenvalue weighted by atomic mass is 32.2. The van der Waals surface area contributed by atoms with Crippen LogP contribution in [-0.2, 0) is 24.3 Å². The lowest BCUT2D eigenvalue weighted by molar-refractivity contribution is -0.138. The van der Waals surface area contributed by atoms with E-state index in [1.165, 1.54) is 38.5 Å². The van der Waals surface area contributed by atoms with Crippen molar-refractivity contribution >= 4 is 27.6 Å². The lowest BCUT2D eigenvalue weighted by atomic mass is 10.1. The highest BCUT2D eigenvalue weighted by Gasteiger charge is 2.29. The Kier molecular flexibility index (Phi) is 6.22. The first-order valence-corrected chi connectivity index (χ1v) is 9.50. The highest BCUT2D eigenvalue weighted by molar-refractivity contribution is 7.92. The minimum absolute atomic E-state index is 0.0277. The van der Waals surface area contributed by atoms with Gasteiger partial charge in [-0.1, -0.05) is 23.8 Å². The van der Waals surface area contributed by atoms with Gasteiger partial charge in [0.15, 0.2) is 0 Å². The predicted molar refractivity (Wildman–Crippen MR) is 100 cm³/mol. The van der Waals surface area contributed by atoms with Crippen LogP contribution in [0.1, 0.15) is 21.5 Å². The summed E-state index contributed by atoms with van der Waals surface area (Å²) in [6.45, 7) is 3.00. The van der Waals surface area contributed by atoms with E-state index in [4.69, 9.17) is 4.74 Å². The van der Waals surface area contributed by atoms with Crippen molar-refractivity contribution in [2.24, 2.45) is 0 Å². The van der Waals surface area contributed by atoms with E-state index < -0.39 is 28.5 Å². The number of carbonyl (C=O) groups excluding carboxylic acids is 2. The fourth-order valence-corrected chi connectivity index (χ4v) is 3.91. The van der Waals surface area contributed by atoms with Crippen LogP contribution in [0, 0.1) is 13.8 Å². The first-order valence-electron chi connectivity index (χ1n) is 8.06. The van der Waals surface area contributed by atoms with Gasteiger partial charge in [0.25, 0.3) is 10.0 Å². The second-order valence-electron chi connectivity index (χ2n) is 5.89. The van der Waals surface area contributed by atoms with Crippen LogP contribution in [0.2, 0.25) is 0 Å². The average Bonchev–Trinajstić information content (AvgIpc) is 2.66. The Hall–Kier alpha value is -2.87. The van der Waals surface area contributed by atoms with E-state index in [-0.39, 0.29) is 16.1 Å². The molecule has 0 amide bonds. The number of carbonyl (C=O) groups is 2. The van der Waals surface area contributed by atoms with Gasteiger partial charge in [-0.25, -0.2) is 13.2 Å². The Morgan fingerprint density at radius 3 is 2.15 bits per heavy atom. The van der Waals surface area contributed by atoms with Gasteiger partial charge in [-0.15, -0.1) is 0 Å². The number of methoxy groups -OCH3 is 2. The number of anilines is 1. The molecule has 8 heteroatoms. The maximum absolute atomic E-state index is 13.2. The van der Waals surface area contributed by atoms with Crippen LogP contribution < -0.4 is 4.31 Å². The van der Waals surface area contributed by atoms with Crippen LogP contribution in [0.3, 0.4) is 0 Å². The molecule has 0 heterocycles. The molecule has 0 aliphatic rings. The van der Waals surface area contributed by atoms with Crippen molar-refractivity contribution in [2.45, 2.75) is 18.7 Å². The zero-order chi connectivity index (χ0) is 20.2. The molecule has 27 heavy (non-hydrogen) atoms. The van der Waals surface area contributed by atoms with E-state index in [1.54, 1.807) is 25.1 Å². The van der Waals surface area contributed by atoms with Crippen LogP contribution in [0.15, 0.2) is 47.4 Å². The van der Waals surface area contributed by atoms with Crippen LogP contribution in [0.25, 0.3) is 0 Å². The van der Waals surface area contributed by atoms with E-state index in [0.717, 1.165) is 9.87 Å². The van der Waals surface area contributed by atoms with Gasteiger partial charge < -0.3 is 9.47 Å². The smallest absolute Gasteiger partial charge is 0.337 e. The maximum atomic E-state index is 13.2. The van der Waals surface area contributed by atoms with E-state index >= 15 is 0 Å². The monoisotopic (exact) mass is 391 g/mol. The molecule has 0 radical (unpaired) electrons. The minimum atomic E-state index is -4.07. The van der Waals surface area contributed by atoms with Crippen LogP contribution in [0.4, 0.5) is 5.69 Å². The Labute approximate surface area is 158 Å². The van der Waals surface area contributed by atoms with E-state index in [1.807, 2.05) is 6.92 Å². The first-order chi connectivity index (χ1) is 12.7. The molecule has 0 fully saturated rings. The summed E-state index contributed by atoms with van der Waals surface area (Å²) in [4.78, 5) is 23.8. The number of rotatable bonds is 6. The van der Waals surface area contributed by atoms with Crippen molar-refractivity contribution in [3.63, 3.8) is 0 Å². The molecular formula is C19H21NO6S. The molecule has 0 atom stereocenters. The number of sulfonamides is 1. The van der Waals surface area contributed by atoms with Gasteiger partial charge in [-0.2, -0.15) is 0 Å². The van der Waals surface area contributed by atoms with Gasteiger partial charge in [0.1, 0.15) is 6.54 Å². The quantitative estimate of drug-likeness (QED) is 0.703. The molecule has 0 N–H and O–H groups in total. The summed E-state index contributed by atoms with van der Waals surface area (Å²) in [5, 5.41) is 0. The van der Waals surface area contributed by atoms with Crippen molar-refractivity contribution in [1.29, 1.82) is 0 Å². The lowest BCUT2D eigenvalue weighted by Crippen LogP contribution is -2.37. The third-order valence-electron chi connectivity index (χ3n) is 4.01. The Balaban J connectivity index is 2.63. The summed E-state index contributed by atoms with van der Waals surface area (Å²) in [6.07, 6.45) is 0. The van der Waals surface area contributed by atoms with Crippen molar-refractivity contribution in [3.8, 4) is 0 Å². The molecule has 0 unspecified atom stereocenters. The number of aryl methyl sites for hydroxylation is 2. The fourth-order valence-electron chi connectivity index (χ4n) is 2.44. The summed E-state index contributed by atoms with van der Waals surface area (Å²) in [5.74, 6) is -1.34. The van der Waals surface area contributed by atoms with Gasteiger partial charge in [-0.3, -0.25) is 9.10 Å². The molecule has 2 aromatic rings. The summed E-state index contributed by atoms with van der Waals surface area (Å²) in [6, 6.07) is 10.8. The molecule has 0 saturated carbocycles. The summed E-state index contributed by atoms with van der Waals surface area (Å²) in [5.41, 5.74) is 1.84. The van der Waals surface area contributed by atoms with E-state index in [0.29, 0.717) is 5.56 Å². The molecule has 0 aliphatic heterocycles. The van der Waals surface area contributed by atoms with Gasteiger partial charge in [0.05, 0.1) is 30.4 Å². The SMILES string of the molecule is COC(=O)CN(c1cc(C(=O)OC)ccc1C)S(=O)(=O)c1ccc(C)cc1. The Morgan fingerprint density at radius 2 is 1.59 bits per heavy atom. The molecular weight excluding hydrogens is 370 g/mol. The topological polar surface area (TPSA) is 90.0 Å². The van der Waals surface area contributed by atoms with Crippen molar-refractivity contribution in [3.05, 3.63) is 59.2 Å². The average molecular weight is 391 g/mol. The van der Waals surface area contributed by atoms with Gasteiger partial charge >= 0.3 is 11.9 Å². The van der Waals surface area contributed by atoms with E-state index in [9.17, 15) is 18.0 Å². The molecule has 7 nitrogen and oxygen atoms in total. The molecule has 0 bridgehead atoms. The molecule has 0 spiro atoms. The van der Waals surface area contributed by atoms with Crippen LogP contribution in [-0.4, -0.2) is 41.1 Å². The third-order valence-corrected chi connectivity index (χ3v) is 5.78. The molecule has 0 aliphatic carbocycles. The number of ether oxygens (including phenoxy) is 2. The molecule has 0 saturated heterocycles. The van der Waals surface area contributed by atoms with Crippen molar-refractivity contribution in [2.75, 3.05) is 25.1 Å². The fraction of sp³-hybridized carbons (Fsp3) is 0.263. The summed E-state index contributed by atoms with van der Waals surface area (Å²) < 4.78 is 36.7. The number of nitrogens with zero attached hydrogens (tertiary/aromatic N) is 1. The van der Waals surface area contributed by atoms with Gasteiger partial charge in [0, 0.05) is 0 Å². The minimum Gasteiger partial charge on any atom is -0.468 e. The van der Waals surface area contributed by atoms with Gasteiger partial charge in [0.2, 0.25) is 0 Å². The largest absolute Gasteiger partial charge is 0.468 e. The molecule has 0 aromatic heterocycles. The third kappa shape index (κ3) is 4.46. The zero-order valence-corrected chi connectivity index (χ0v) is 16.4. The highest BCUT2D eigenvalue weighted by Crippen LogP contribution is 2.28. The number of hydrogen-bond acceptors (Lipinski definition) is 6. The maximum Gasteiger partial charge on any atom is 0.337 e.